The van der Waals surface area contributed by atoms with Gasteiger partial charge in [0.1, 0.15) is 0 Å². The van der Waals surface area contributed by atoms with E-state index in [9.17, 15) is 97.0 Å². The molecule has 1 aromatic rings. The molecule has 0 saturated heterocycles. The molecule has 0 bridgehead atoms. The van der Waals surface area contributed by atoms with E-state index in [0.29, 0.717) is 17.4 Å². The lowest BCUT2D eigenvalue weighted by Gasteiger charge is -2.44. The van der Waals surface area contributed by atoms with Crippen molar-refractivity contribution in [3.8, 4) is 0 Å². The molecule has 42 heavy (non-hydrogen) atoms. The van der Waals surface area contributed by atoms with Crippen LogP contribution in [-0.4, -0.2) is 71.8 Å². The summed E-state index contributed by atoms with van der Waals surface area (Å²) in [6.45, 7) is -2.84. The van der Waals surface area contributed by atoms with E-state index in [0.717, 1.165) is 12.1 Å². The summed E-state index contributed by atoms with van der Waals surface area (Å²) in [6, 6.07) is 2.99. The summed E-state index contributed by atoms with van der Waals surface area (Å²) in [7, 11) is 0. The van der Waals surface area contributed by atoms with Crippen molar-refractivity contribution in [1.29, 1.82) is 0 Å². The van der Waals surface area contributed by atoms with Gasteiger partial charge in [0.15, 0.2) is 6.67 Å². The third-order valence-corrected chi connectivity index (χ3v) is 5.38. The minimum Gasteiger partial charge on any atom is -0.321 e. The van der Waals surface area contributed by atoms with Crippen LogP contribution in [0.5, 0.6) is 0 Å². The van der Waals surface area contributed by atoms with Gasteiger partial charge in [-0.15, -0.1) is 0 Å². The summed E-state index contributed by atoms with van der Waals surface area (Å²) in [4.78, 5) is 11.5. The summed E-state index contributed by atoms with van der Waals surface area (Å²) in [6.07, 6.45) is 0. The molecular formula is C19H10F21NO. The zero-order valence-electron chi connectivity index (χ0n) is 19.4. The Morgan fingerprint density at radius 1 is 0.524 bits per heavy atom. The maximum atomic E-state index is 13.9. The summed E-state index contributed by atoms with van der Waals surface area (Å²) < 4.78 is 284. The molecule has 1 amide bonds. The number of rotatable bonds is 12. The number of halogens is 21. The predicted molar refractivity (Wildman–Crippen MR) is 95.3 cm³/mol. The van der Waals surface area contributed by atoms with Crippen LogP contribution in [0, 0.1) is 6.92 Å². The molecule has 0 fully saturated rings. The van der Waals surface area contributed by atoms with Crippen molar-refractivity contribution in [3.05, 3.63) is 29.8 Å². The van der Waals surface area contributed by atoms with Gasteiger partial charge in [0.05, 0.1) is 0 Å². The second-order valence-corrected chi connectivity index (χ2v) is 8.33. The molecule has 1 N–H and O–H groups in total. The molecule has 0 aliphatic rings. The Labute approximate surface area is 217 Å². The van der Waals surface area contributed by atoms with Gasteiger partial charge in [-0.3, -0.25) is 4.79 Å². The lowest BCUT2D eigenvalue weighted by molar-refractivity contribution is -0.467. The van der Waals surface area contributed by atoms with Crippen LogP contribution in [0.2, 0.25) is 0 Å². The van der Waals surface area contributed by atoms with Crippen LogP contribution >= 0.6 is 0 Å². The molecule has 0 unspecified atom stereocenters. The molecule has 0 aliphatic carbocycles. The summed E-state index contributed by atoms with van der Waals surface area (Å²) >= 11 is 0. The third-order valence-electron chi connectivity index (χ3n) is 5.38. The van der Waals surface area contributed by atoms with Crippen LogP contribution < -0.4 is 5.32 Å². The molecule has 0 aliphatic heterocycles. The van der Waals surface area contributed by atoms with E-state index in [1.807, 2.05) is 0 Å². The van der Waals surface area contributed by atoms with Crippen molar-refractivity contribution in [2.45, 2.75) is 66.1 Å². The van der Waals surface area contributed by atoms with Crippen molar-refractivity contribution in [2.24, 2.45) is 0 Å². The van der Waals surface area contributed by atoms with E-state index in [1.54, 1.807) is 0 Å². The van der Waals surface area contributed by atoms with Gasteiger partial charge in [-0.25, -0.2) is 4.39 Å². The van der Waals surface area contributed by atoms with Crippen LogP contribution in [0.15, 0.2) is 24.3 Å². The Bertz CT molecular complexity index is 1140. The first-order valence-corrected chi connectivity index (χ1v) is 9.93. The van der Waals surface area contributed by atoms with Gasteiger partial charge in [0, 0.05) is 5.69 Å². The van der Waals surface area contributed by atoms with Crippen LogP contribution in [0.3, 0.4) is 0 Å². The van der Waals surface area contributed by atoms with Crippen molar-refractivity contribution >= 4 is 11.6 Å². The monoisotopic (exact) mass is 667 g/mol. The van der Waals surface area contributed by atoms with E-state index in [-0.39, 0.29) is 5.56 Å². The van der Waals surface area contributed by atoms with Crippen molar-refractivity contribution < 1.29 is 97.0 Å². The van der Waals surface area contributed by atoms with Crippen molar-refractivity contribution in [1.82, 2.24) is 0 Å². The van der Waals surface area contributed by atoms with Gasteiger partial charge in [-0.2, -0.15) is 87.8 Å². The zero-order valence-corrected chi connectivity index (χ0v) is 19.4. The van der Waals surface area contributed by atoms with Gasteiger partial charge in [-0.05, 0) is 19.1 Å². The quantitative estimate of drug-likeness (QED) is 0.224. The number of carbonyl (C=O) groups is 1. The van der Waals surface area contributed by atoms with E-state index in [2.05, 4.69) is 0 Å². The van der Waals surface area contributed by atoms with Crippen LogP contribution in [0.4, 0.5) is 97.9 Å². The number of amides is 1. The second-order valence-electron chi connectivity index (χ2n) is 8.33. The summed E-state index contributed by atoms with van der Waals surface area (Å²) in [5.41, 5.74) is -0.742. The van der Waals surface area contributed by atoms with E-state index >= 15 is 0 Å². The van der Waals surface area contributed by atoms with Gasteiger partial charge in [0.2, 0.25) is 0 Å². The fourth-order valence-corrected chi connectivity index (χ4v) is 2.68. The minimum atomic E-state index is -9.23. The highest BCUT2D eigenvalue weighted by Crippen LogP contribution is 2.66. The fraction of sp³-hybridized carbons (Fsp3) is 0.632. The second kappa shape index (κ2) is 10.2. The van der Waals surface area contributed by atoms with E-state index < -0.39 is 77.5 Å². The number of hydrogen-bond donors (Lipinski definition) is 1. The molecule has 0 atom stereocenters. The first-order chi connectivity index (χ1) is 18.2. The van der Waals surface area contributed by atoms with Gasteiger partial charge >= 0.3 is 65.1 Å². The molecule has 1 rings (SSSR count). The van der Waals surface area contributed by atoms with Crippen LogP contribution in [0.25, 0.3) is 0 Å². The standard InChI is InChI=1S/C19H10F21NO/c1-7-2-4-8(5-3-7)41-9(42)11(23,24)13(27,28)15(31,32)17(35,36)19(39,40)18(37,38)16(33,34)14(29,30)12(25,26)10(21,22)6-20/h2-5H,6H2,1H3,(H,41,42). The first kappa shape index (κ1) is 37.2. The minimum absolute atomic E-state index is 0.257. The van der Waals surface area contributed by atoms with Gasteiger partial charge in [0.25, 0.3) is 0 Å². The highest BCUT2D eigenvalue weighted by atomic mass is 19.4. The van der Waals surface area contributed by atoms with E-state index in [1.165, 1.54) is 6.92 Å². The molecule has 0 saturated carbocycles. The average Bonchev–Trinajstić information content (AvgIpc) is 2.84. The maximum absolute atomic E-state index is 13.9. The number of nitrogens with one attached hydrogen (secondary N) is 1. The Kier molecular flexibility index (Phi) is 9.00. The van der Waals surface area contributed by atoms with Crippen LogP contribution in [0.1, 0.15) is 5.56 Å². The Morgan fingerprint density at radius 3 is 1.12 bits per heavy atom. The van der Waals surface area contributed by atoms with Crippen molar-refractivity contribution in [3.63, 3.8) is 0 Å². The highest BCUT2D eigenvalue weighted by Gasteiger charge is 2.98. The number of anilines is 1. The zero-order chi connectivity index (χ0) is 34.0. The van der Waals surface area contributed by atoms with Crippen LogP contribution in [-0.2, 0) is 4.79 Å². The maximum Gasteiger partial charge on any atom is 0.393 e. The van der Waals surface area contributed by atoms with E-state index in [4.69, 9.17) is 0 Å². The lowest BCUT2D eigenvalue weighted by Crippen LogP contribution is -2.77. The Morgan fingerprint density at radius 2 is 0.810 bits per heavy atom. The number of benzene rings is 1. The molecule has 0 spiro atoms. The molecular weight excluding hydrogens is 657 g/mol. The molecule has 0 radical (unpaired) electrons. The van der Waals surface area contributed by atoms with Crippen molar-refractivity contribution in [2.75, 3.05) is 12.0 Å². The normalized spacial score (nSPS) is 15.6. The average molecular weight is 667 g/mol. The number of alkyl halides is 21. The SMILES string of the molecule is Cc1ccc(NC(=O)C(F)(F)C(F)(F)C(F)(F)C(F)(F)C(F)(F)C(F)(F)C(F)(F)C(F)(F)C(F)(F)C(F)(F)CF)cc1. The molecule has 0 heterocycles. The topological polar surface area (TPSA) is 29.1 Å². The Hall–Kier alpha value is -2.78. The molecule has 0 aromatic heterocycles. The first-order valence-electron chi connectivity index (χ1n) is 9.93. The largest absolute Gasteiger partial charge is 0.393 e. The molecule has 2 nitrogen and oxygen atoms in total. The summed E-state index contributed by atoms with van der Waals surface area (Å²) in [5, 5.41) is 0.701. The molecule has 244 valence electrons. The highest BCUT2D eigenvalue weighted by molar-refractivity contribution is 5.97. The fourth-order valence-electron chi connectivity index (χ4n) is 2.68. The van der Waals surface area contributed by atoms with Gasteiger partial charge < -0.3 is 5.32 Å². The predicted octanol–water partition coefficient (Wildman–Crippen LogP) is 8.26. The Balaban J connectivity index is 3.72. The summed E-state index contributed by atoms with van der Waals surface area (Å²) in [5.74, 6) is -89.0. The third kappa shape index (κ3) is 4.77. The smallest absolute Gasteiger partial charge is 0.321 e. The number of hydrogen-bond acceptors (Lipinski definition) is 1. The molecule has 23 heteroatoms. The van der Waals surface area contributed by atoms with Gasteiger partial charge in [-0.1, -0.05) is 17.7 Å². The number of carbonyl (C=O) groups excluding carboxylic acids is 1. The molecule has 1 aromatic carbocycles. The number of aryl methyl sites for hydroxylation is 1. The lowest BCUT2D eigenvalue weighted by atomic mass is 9.85.